The summed E-state index contributed by atoms with van der Waals surface area (Å²) in [6, 6.07) is 4.45. The molecule has 1 nitrogen and oxygen atoms in total. The Morgan fingerprint density at radius 3 is 2.05 bits per heavy atom. The van der Waals surface area contributed by atoms with E-state index in [-0.39, 0.29) is 16.4 Å². The van der Waals surface area contributed by atoms with E-state index < -0.39 is 17.7 Å². The Hall–Kier alpha value is -1.52. The first-order valence-corrected chi connectivity index (χ1v) is 6.28. The molecule has 1 unspecified atom stereocenters. The molecule has 0 radical (unpaired) electrons. The molecule has 0 aliphatic rings. The molecule has 0 bridgehead atoms. The number of rotatable bonds is 2. The number of aryl methyl sites for hydroxylation is 2. The van der Waals surface area contributed by atoms with Gasteiger partial charge in [0.05, 0.1) is 5.02 Å². The van der Waals surface area contributed by atoms with Crippen LogP contribution in [0.4, 0.5) is 13.2 Å². The second kappa shape index (κ2) is 5.46. The van der Waals surface area contributed by atoms with Crippen molar-refractivity contribution in [3.05, 3.63) is 69.0 Å². The van der Waals surface area contributed by atoms with Crippen molar-refractivity contribution in [2.24, 2.45) is 0 Å². The molecule has 0 fully saturated rings. The summed E-state index contributed by atoms with van der Waals surface area (Å²) in [4.78, 5) is 0. The average Bonchev–Trinajstić information content (AvgIpc) is 2.38. The van der Waals surface area contributed by atoms with Crippen LogP contribution in [-0.2, 0) is 0 Å². The zero-order valence-electron chi connectivity index (χ0n) is 10.8. The normalized spacial score (nSPS) is 12.6. The molecule has 1 N–H and O–H groups in total. The van der Waals surface area contributed by atoms with Gasteiger partial charge < -0.3 is 5.11 Å². The first kappa shape index (κ1) is 14.9. The first-order chi connectivity index (χ1) is 9.31. The lowest BCUT2D eigenvalue weighted by Crippen LogP contribution is -2.05. The molecule has 0 aromatic heterocycles. The predicted octanol–water partition coefficient (Wildman–Crippen LogP) is 4.46. The number of hydrogen-bond donors (Lipinski definition) is 1. The van der Waals surface area contributed by atoms with Gasteiger partial charge >= 0.3 is 0 Å². The van der Waals surface area contributed by atoms with Gasteiger partial charge in [0.15, 0.2) is 0 Å². The van der Waals surface area contributed by atoms with E-state index >= 15 is 0 Å². The fourth-order valence-electron chi connectivity index (χ4n) is 2.06. The highest BCUT2D eigenvalue weighted by atomic mass is 35.5. The maximum Gasteiger partial charge on any atom is 0.142 e. The van der Waals surface area contributed by atoms with Crippen LogP contribution in [0.1, 0.15) is 28.4 Å². The first-order valence-electron chi connectivity index (χ1n) is 5.90. The van der Waals surface area contributed by atoms with E-state index in [1.807, 2.05) is 0 Å². The molecule has 0 spiro atoms. The molecule has 106 valence electrons. The number of benzene rings is 2. The zero-order chi connectivity index (χ0) is 15.0. The molecule has 0 aliphatic carbocycles. The monoisotopic (exact) mass is 300 g/mol. The van der Waals surface area contributed by atoms with Crippen LogP contribution in [-0.4, -0.2) is 5.11 Å². The molecular formula is C15H12ClF3O. The van der Waals surface area contributed by atoms with E-state index in [0.29, 0.717) is 16.7 Å². The number of hydrogen-bond acceptors (Lipinski definition) is 1. The summed E-state index contributed by atoms with van der Waals surface area (Å²) in [7, 11) is 0. The molecule has 0 heterocycles. The van der Waals surface area contributed by atoms with Crippen molar-refractivity contribution < 1.29 is 18.3 Å². The summed E-state index contributed by atoms with van der Waals surface area (Å²) in [6.45, 7) is 3.08. The molecule has 2 aromatic carbocycles. The molecule has 2 aromatic rings. The van der Waals surface area contributed by atoms with Crippen molar-refractivity contribution in [1.82, 2.24) is 0 Å². The topological polar surface area (TPSA) is 20.2 Å². The summed E-state index contributed by atoms with van der Waals surface area (Å²) in [5.41, 5.74) is 0.710. The zero-order valence-corrected chi connectivity index (χ0v) is 11.6. The Morgan fingerprint density at radius 1 is 0.950 bits per heavy atom. The van der Waals surface area contributed by atoms with Gasteiger partial charge in [0.1, 0.15) is 23.6 Å². The summed E-state index contributed by atoms with van der Waals surface area (Å²) in [5, 5.41) is 9.80. The van der Waals surface area contributed by atoms with Crippen molar-refractivity contribution >= 4 is 11.6 Å². The van der Waals surface area contributed by atoms with Gasteiger partial charge in [0.2, 0.25) is 0 Å². The third-order valence-corrected chi connectivity index (χ3v) is 3.40. The number of aliphatic hydroxyl groups is 1. The minimum atomic E-state index is -1.39. The molecule has 20 heavy (non-hydrogen) atoms. The second-order valence-electron chi connectivity index (χ2n) is 4.66. The Bertz CT molecular complexity index is 647. The third-order valence-electron chi connectivity index (χ3n) is 3.11. The Kier molecular flexibility index (Phi) is 4.06. The molecule has 0 aliphatic heterocycles. The van der Waals surface area contributed by atoms with Gasteiger partial charge in [-0.05, 0) is 42.7 Å². The van der Waals surface area contributed by atoms with Crippen molar-refractivity contribution in [1.29, 1.82) is 0 Å². The molecular weight excluding hydrogens is 289 g/mol. The maximum absolute atomic E-state index is 13.8. The largest absolute Gasteiger partial charge is 0.384 e. The Morgan fingerprint density at radius 2 is 1.50 bits per heavy atom. The van der Waals surface area contributed by atoms with E-state index in [4.69, 9.17) is 11.6 Å². The standard InChI is InChI=1S/C15H12ClF3O/c1-7-3-9(4-8(2)14(7)19)15(20)10-5-13(18)11(16)6-12(10)17/h3-6,15,20H,1-2H3. The van der Waals surface area contributed by atoms with Gasteiger partial charge in [-0.2, -0.15) is 0 Å². The predicted molar refractivity (Wildman–Crippen MR) is 71.3 cm³/mol. The quantitative estimate of drug-likeness (QED) is 0.812. The molecule has 1 atom stereocenters. The highest BCUT2D eigenvalue weighted by Gasteiger charge is 2.19. The van der Waals surface area contributed by atoms with Crippen molar-refractivity contribution in [3.8, 4) is 0 Å². The van der Waals surface area contributed by atoms with Gasteiger partial charge in [-0.15, -0.1) is 0 Å². The summed E-state index contributed by atoms with van der Waals surface area (Å²) in [5.74, 6) is -2.02. The Balaban J connectivity index is 2.51. The van der Waals surface area contributed by atoms with Crippen molar-refractivity contribution in [2.45, 2.75) is 20.0 Å². The van der Waals surface area contributed by atoms with Crippen LogP contribution in [0.5, 0.6) is 0 Å². The highest BCUT2D eigenvalue weighted by Crippen LogP contribution is 2.29. The fraction of sp³-hybridized carbons (Fsp3) is 0.200. The summed E-state index contributed by atoms with van der Waals surface area (Å²) in [6.07, 6.45) is -1.39. The van der Waals surface area contributed by atoms with Gasteiger partial charge in [-0.25, -0.2) is 13.2 Å². The van der Waals surface area contributed by atoms with Crippen LogP contribution >= 0.6 is 11.6 Å². The SMILES string of the molecule is Cc1cc(C(O)c2cc(F)c(Cl)cc2F)cc(C)c1F. The highest BCUT2D eigenvalue weighted by molar-refractivity contribution is 6.30. The second-order valence-corrected chi connectivity index (χ2v) is 5.07. The average molecular weight is 301 g/mol. The summed E-state index contributed by atoms with van der Waals surface area (Å²) >= 11 is 5.46. The maximum atomic E-state index is 13.8. The van der Waals surface area contributed by atoms with Crippen LogP contribution in [0, 0.1) is 31.3 Å². The van der Waals surface area contributed by atoms with Gasteiger partial charge in [-0.1, -0.05) is 23.7 Å². The fourth-order valence-corrected chi connectivity index (χ4v) is 2.21. The van der Waals surface area contributed by atoms with E-state index in [0.717, 1.165) is 12.1 Å². The lowest BCUT2D eigenvalue weighted by Gasteiger charge is -2.15. The molecule has 5 heteroatoms. The Labute approximate surface area is 119 Å². The van der Waals surface area contributed by atoms with Crippen LogP contribution in [0.15, 0.2) is 24.3 Å². The van der Waals surface area contributed by atoms with E-state index in [1.165, 1.54) is 26.0 Å². The van der Waals surface area contributed by atoms with Gasteiger partial charge in [-0.3, -0.25) is 0 Å². The smallest absolute Gasteiger partial charge is 0.142 e. The van der Waals surface area contributed by atoms with E-state index in [2.05, 4.69) is 0 Å². The van der Waals surface area contributed by atoms with Crippen LogP contribution in [0.3, 0.4) is 0 Å². The third kappa shape index (κ3) is 2.67. The number of aliphatic hydroxyl groups excluding tert-OH is 1. The van der Waals surface area contributed by atoms with E-state index in [9.17, 15) is 18.3 Å². The van der Waals surface area contributed by atoms with Gasteiger partial charge in [0, 0.05) is 5.56 Å². The van der Waals surface area contributed by atoms with E-state index in [1.54, 1.807) is 0 Å². The molecule has 0 amide bonds. The minimum Gasteiger partial charge on any atom is -0.384 e. The lowest BCUT2D eigenvalue weighted by molar-refractivity contribution is 0.214. The minimum absolute atomic E-state index is 0.239. The van der Waals surface area contributed by atoms with Crippen molar-refractivity contribution in [3.63, 3.8) is 0 Å². The molecule has 0 saturated heterocycles. The van der Waals surface area contributed by atoms with Crippen LogP contribution in [0.2, 0.25) is 5.02 Å². The van der Waals surface area contributed by atoms with Crippen molar-refractivity contribution in [2.75, 3.05) is 0 Å². The van der Waals surface area contributed by atoms with Crippen LogP contribution < -0.4 is 0 Å². The van der Waals surface area contributed by atoms with Crippen LogP contribution in [0.25, 0.3) is 0 Å². The lowest BCUT2D eigenvalue weighted by atomic mass is 9.97. The molecule has 0 saturated carbocycles. The summed E-state index contributed by atoms with van der Waals surface area (Å²) < 4.78 is 40.7. The van der Waals surface area contributed by atoms with Gasteiger partial charge in [0.25, 0.3) is 0 Å². The number of halogens is 4. The molecule has 2 rings (SSSR count).